The number of benzene rings is 1. The summed E-state index contributed by atoms with van der Waals surface area (Å²) in [5.41, 5.74) is 3.51. The van der Waals surface area contributed by atoms with Gasteiger partial charge in [-0.25, -0.2) is 14.4 Å². The number of nitrogens with zero attached hydrogens (tertiary/aromatic N) is 3. The summed E-state index contributed by atoms with van der Waals surface area (Å²) in [6, 6.07) is 10.2. The fourth-order valence-corrected chi connectivity index (χ4v) is 4.92. The number of carbonyl (C=O) groups excluding carboxylic acids is 1. The highest BCUT2D eigenvalue weighted by molar-refractivity contribution is 7.99. The Morgan fingerprint density at radius 3 is 2.68 bits per heavy atom. The lowest BCUT2D eigenvalue weighted by atomic mass is 9.95. The Balaban J connectivity index is 1.54. The summed E-state index contributed by atoms with van der Waals surface area (Å²) in [4.78, 5) is 27.4. The third-order valence-electron chi connectivity index (χ3n) is 5.63. The highest BCUT2D eigenvalue weighted by Crippen LogP contribution is 2.40. The molecule has 1 aliphatic carbocycles. The monoisotopic (exact) mass is 432 g/mol. The fourth-order valence-electron chi connectivity index (χ4n) is 4.01. The van der Waals surface area contributed by atoms with Crippen molar-refractivity contribution < 1.29 is 9.18 Å². The maximum absolute atomic E-state index is 13.5. The van der Waals surface area contributed by atoms with Gasteiger partial charge in [-0.05, 0) is 49.2 Å². The van der Waals surface area contributed by atoms with Crippen LogP contribution in [0.2, 0.25) is 0 Å². The van der Waals surface area contributed by atoms with Gasteiger partial charge in [0.15, 0.2) is 0 Å². The minimum absolute atomic E-state index is 0.117. The molecule has 156 valence electrons. The molecule has 5 nitrogen and oxygen atoms in total. The molecule has 0 unspecified atom stereocenters. The largest absolute Gasteiger partial charge is 0.349 e. The number of halogens is 1. The number of pyridine rings is 2. The van der Waals surface area contributed by atoms with Crippen molar-refractivity contribution in [3.63, 3.8) is 0 Å². The van der Waals surface area contributed by atoms with E-state index in [2.05, 4.69) is 15.3 Å². The minimum Gasteiger partial charge on any atom is -0.349 e. The van der Waals surface area contributed by atoms with Crippen LogP contribution in [0, 0.1) is 5.82 Å². The lowest BCUT2D eigenvalue weighted by Gasteiger charge is -2.22. The second kappa shape index (κ2) is 8.59. The first kappa shape index (κ1) is 19.9. The Bertz CT molecular complexity index is 1160. The zero-order valence-electron chi connectivity index (χ0n) is 16.8. The standard InChI is InChI=1S/C24H21FN4OS/c25-17-8-6-15(7-9-17)22-19-10-11-26-14-21(19)31-24-20(29-22)12-16(13-27-24)23(30)28-18-4-2-1-3-5-18/h6-14,18H,1-5H2,(H,28,30). The Hall–Kier alpha value is -3.06. The number of rotatable bonds is 3. The van der Waals surface area contributed by atoms with Gasteiger partial charge in [0.1, 0.15) is 10.8 Å². The van der Waals surface area contributed by atoms with E-state index in [4.69, 9.17) is 4.99 Å². The van der Waals surface area contributed by atoms with E-state index in [1.165, 1.54) is 30.3 Å². The molecule has 5 rings (SSSR count). The van der Waals surface area contributed by atoms with Gasteiger partial charge in [-0.15, -0.1) is 0 Å². The van der Waals surface area contributed by atoms with Gasteiger partial charge in [-0.1, -0.05) is 31.0 Å². The van der Waals surface area contributed by atoms with E-state index in [1.807, 2.05) is 6.07 Å². The first-order valence-electron chi connectivity index (χ1n) is 10.5. The molecule has 1 aromatic carbocycles. The van der Waals surface area contributed by atoms with E-state index in [9.17, 15) is 9.18 Å². The fraction of sp³-hybridized carbons (Fsp3) is 0.250. The third kappa shape index (κ3) is 4.23. The van der Waals surface area contributed by atoms with Crippen molar-refractivity contribution in [2.24, 2.45) is 4.99 Å². The van der Waals surface area contributed by atoms with Crippen molar-refractivity contribution in [2.45, 2.75) is 48.1 Å². The van der Waals surface area contributed by atoms with Crippen LogP contribution < -0.4 is 5.32 Å². The Morgan fingerprint density at radius 2 is 1.87 bits per heavy atom. The van der Waals surface area contributed by atoms with Crippen LogP contribution in [-0.4, -0.2) is 27.6 Å². The summed E-state index contributed by atoms with van der Waals surface area (Å²) in [7, 11) is 0. The minimum atomic E-state index is -0.300. The summed E-state index contributed by atoms with van der Waals surface area (Å²) in [6.45, 7) is 0. The maximum Gasteiger partial charge on any atom is 0.253 e. The number of fused-ring (bicyclic) bond motifs is 2. The summed E-state index contributed by atoms with van der Waals surface area (Å²) in [5.74, 6) is -0.416. The van der Waals surface area contributed by atoms with E-state index in [0.29, 0.717) is 22.0 Å². The topological polar surface area (TPSA) is 67.2 Å². The molecule has 2 aromatic heterocycles. The zero-order chi connectivity index (χ0) is 21.2. The van der Waals surface area contributed by atoms with Crippen molar-refractivity contribution in [1.29, 1.82) is 0 Å². The van der Waals surface area contributed by atoms with Crippen LogP contribution in [0.5, 0.6) is 0 Å². The van der Waals surface area contributed by atoms with Gasteiger partial charge in [0.25, 0.3) is 5.91 Å². The molecule has 3 aromatic rings. The van der Waals surface area contributed by atoms with Crippen LogP contribution in [0.1, 0.15) is 53.6 Å². The molecule has 31 heavy (non-hydrogen) atoms. The second-order valence-corrected chi connectivity index (χ2v) is 8.83. The van der Waals surface area contributed by atoms with Crippen LogP contribution >= 0.6 is 11.8 Å². The van der Waals surface area contributed by atoms with Crippen molar-refractivity contribution >= 4 is 29.1 Å². The number of aliphatic imine (C=N–C) groups is 1. The quantitative estimate of drug-likeness (QED) is 0.476. The van der Waals surface area contributed by atoms with Crippen molar-refractivity contribution in [3.8, 4) is 0 Å². The van der Waals surface area contributed by atoms with Gasteiger partial charge in [-0.3, -0.25) is 9.78 Å². The SMILES string of the molecule is O=C(NC1CCCCC1)c1cnc2c(c1)N=C(c1ccc(F)cc1)c1ccncc1S2. The molecule has 1 aliphatic heterocycles. The molecule has 0 atom stereocenters. The first-order valence-corrected chi connectivity index (χ1v) is 11.3. The normalized spacial score (nSPS) is 16.0. The van der Waals surface area contributed by atoms with Crippen molar-refractivity contribution in [2.75, 3.05) is 0 Å². The molecule has 2 aliphatic rings. The smallest absolute Gasteiger partial charge is 0.253 e. The van der Waals surface area contributed by atoms with E-state index < -0.39 is 0 Å². The predicted molar refractivity (Wildman–Crippen MR) is 119 cm³/mol. The van der Waals surface area contributed by atoms with Crippen molar-refractivity contribution in [3.05, 3.63) is 77.5 Å². The highest BCUT2D eigenvalue weighted by Gasteiger charge is 2.22. The molecule has 0 bridgehead atoms. The lowest BCUT2D eigenvalue weighted by molar-refractivity contribution is 0.0927. The van der Waals surface area contributed by atoms with Crippen LogP contribution in [0.15, 0.2) is 69.9 Å². The van der Waals surface area contributed by atoms with Crippen molar-refractivity contribution in [1.82, 2.24) is 15.3 Å². The van der Waals surface area contributed by atoms with E-state index in [0.717, 1.165) is 41.7 Å². The molecule has 0 spiro atoms. The molecule has 1 N–H and O–H groups in total. The predicted octanol–water partition coefficient (Wildman–Crippen LogP) is 5.31. The summed E-state index contributed by atoms with van der Waals surface area (Å²) >= 11 is 1.47. The first-order chi connectivity index (χ1) is 15.2. The molecule has 3 heterocycles. The summed E-state index contributed by atoms with van der Waals surface area (Å²) < 4.78 is 13.5. The Morgan fingerprint density at radius 1 is 1.06 bits per heavy atom. The molecular formula is C24H21FN4OS. The van der Waals surface area contributed by atoms with Gasteiger partial charge >= 0.3 is 0 Å². The molecule has 1 fully saturated rings. The molecule has 0 saturated heterocycles. The van der Waals surface area contributed by atoms with Crippen LogP contribution in [-0.2, 0) is 0 Å². The summed E-state index contributed by atoms with van der Waals surface area (Å²) in [5, 5.41) is 3.85. The average molecular weight is 433 g/mol. The molecule has 7 heteroatoms. The molecule has 0 radical (unpaired) electrons. The van der Waals surface area contributed by atoms with Gasteiger partial charge in [0.05, 0.1) is 17.0 Å². The lowest BCUT2D eigenvalue weighted by Crippen LogP contribution is -2.36. The van der Waals surface area contributed by atoms with Gasteiger partial charge in [0, 0.05) is 40.7 Å². The van der Waals surface area contributed by atoms with Gasteiger partial charge < -0.3 is 5.32 Å². The van der Waals surface area contributed by atoms with Crippen LogP contribution in [0.25, 0.3) is 0 Å². The van der Waals surface area contributed by atoms with E-state index in [1.54, 1.807) is 36.8 Å². The number of hydrogen-bond donors (Lipinski definition) is 1. The third-order valence-corrected chi connectivity index (χ3v) is 6.68. The van der Waals surface area contributed by atoms with E-state index in [-0.39, 0.29) is 17.8 Å². The second-order valence-electron chi connectivity index (χ2n) is 7.80. The van der Waals surface area contributed by atoms with Gasteiger partial charge in [0.2, 0.25) is 0 Å². The summed E-state index contributed by atoms with van der Waals surface area (Å²) in [6.07, 6.45) is 10.7. The highest BCUT2D eigenvalue weighted by atomic mass is 32.2. The number of nitrogens with one attached hydrogen (secondary N) is 1. The number of carbonyl (C=O) groups is 1. The van der Waals surface area contributed by atoms with Crippen LogP contribution in [0.4, 0.5) is 10.1 Å². The Labute approximate surface area is 184 Å². The number of hydrogen-bond acceptors (Lipinski definition) is 5. The number of aromatic nitrogens is 2. The van der Waals surface area contributed by atoms with Crippen LogP contribution in [0.3, 0.4) is 0 Å². The average Bonchev–Trinajstić information content (AvgIpc) is 2.96. The molecule has 1 amide bonds. The zero-order valence-corrected chi connectivity index (χ0v) is 17.7. The molecule has 1 saturated carbocycles. The number of amides is 1. The molecular weight excluding hydrogens is 411 g/mol. The Kier molecular flexibility index (Phi) is 5.51. The van der Waals surface area contributed by atoms with Gasteiger partial charge in [-0.2, -0.15) is 0 Å². The van der Waals surface area contributed by atoms with E-state index >= 15 is 0 Å². The maximum atomic E-state index is 13.5.